The highest BCUT2D eigenvalue weighted by molar-refractivity contribution is 5.96. The zero-order valence-corrected chi connectivity index (χ0v) is 16.6. The van der Waals surface area contributed by atoms with E-state index >= 15 is 0 Å². The predicted octanol–water partition coefficient (Wildman–Crippen LogP) is 1.23. The molecule has 8 heteroatoms. The quantitative estimate of drug-likeness (QED) is 0.557. The van der Waals surface area contributed by atoms with Gasteiger partial charge in [0.1, 0.15) is 0 Å². The molecule has 0 unspecified atom stereocenters. The van der Waals surface area contributed by atoms with Gasteiger partial charge in [-0.05, 0) is 38.5 Å². The lowest BCUT2D eigenvalue weighted by atomic mass is 9.83. The third-order valence-corrected chi connectivity index (χ3v) is 5.35. The number of carbonyl (C=O) groups is 2. The van der Waals surface area contributed by atoms with Gasteiger partial charge in [0.15, 0.2) is 0 Å². The van der Waals surface area contributed by atoms with Gasteiger partial charge in [0, 0.05) is 32.7 Å². The van der Waals surface area contributed by atoms with Crippen LogP contribution < -0.4 is 5.32 Å². The monoisotopic (exact) mass is 393 g/mol. The van der Waals surface area contributed by atoms with E-state index in [1.165, 1.54) is 0 Å². The number of nitrogens with zero attached hydrogens (tertiary/aromatic N) is 2. The zero-order valence-electron chi connectivity index (χ0n) is 16.6. The lowest BCUT2D eigenvalue weighted by Gasteiger charge is -2.29. The summed E-state index contributed by atoms with van der Waals surface area (Å²) in [7, 11) is 0. The number of rotatable bonds is 6. The maximum Gasteiger partial charge on any atom is 0.309 e. The van der Waals surface area contributed by atoms with Crippen molar-refractivity contribution in [3.05, 3.63) is 17.0 Å². The van der Waals surface area contributed by atoms with Crippen LogP contribution in [-0.2, 0) is 33.7 Å². The van der Waals surface area contributed by atoms with E-state index in [2.05, 4.69) is 10.4 Å². The lowest BCUT2D eigenvalue weighted by molar-refractivity contribution is -0.155. The molecule has 8 nitrogen and oxygen atoms in total. The zero-order chi connectivity index (χ0) is 19.9. The molecular formula is C20H31N3O5. The Morgan fingerprint density at radius 2 is 2.14 bits per heavy atom. The van der Waals surface area contributed by atoms with Crippen molar-refractivity contribution in [2.45, 2.75) is 64.5 Å². The second kappa shape index (κ2) is 10.0. The summed E-state index contributed by atoms with van der Waals surface area (Å²) in [5.41, 5.74) is 2.45. The molecule has 0 radical (unpaired) electrons. The molecule has 2 aliphatic rings. The normalized spacial score (nSPS) is 23.1. The van der Waals surface area contributed by atoms with Gasteiger partial charge in [-0.3, -0.25) is 14.3 Å². The number of aliphatic hydroxyl groups excluding tert-OH is 1. The molecule has 2 N–H and O–H groups in total. The summed E-state index contributed by atoms with van der Waals surface area (Å²) in [6.07, 6.45) is 4.35. The fourth-order valence-electron chi connectivity index (χ4n) is 3.69. The molecule has 1 aliphatic heterocycles. The fraction of sp³-hybridized carbons (Fsp3) is 0.750. The van der Waals surface area contributed by atoms with Crippen molar-refractivity contribution in [2.75, 3.05) is 26.4 Å². The van der Waals surface area contributed by atoms with Crippen LogP contribution in [0.4, 0.5) is 0 Å². The van der Waals surface area contributed by atoms with Crippen LogP contribution in [0.5, 0.6) is 0 Å². The standard InChI is InChI=1S/C20H31N3O5/c1-2-16-18-17(6-3-9-27-10-4-7-21-19(18)25)23(22-16)8-5-11-28-20(26)14-12-15(24)13-14/h14-15,24H,2-13H2,1H3,(H,21,25). The Hall–Kier alpha value is -1.93. The van der Waals surface area contributed by atoms with Gasteiger partial charge in [0.25, 0.3) is 5.91 Å². The number of aliphatic hydroxyl groups is 1. The first kappa shape index (κ1) is 20.8. The Labute approximate surface area is 165 Å². The second-order valence-electron chi connectivity index (χ2n) is 7.51. The minimum Gasteiger partial charge on any atom is -0.465 e. The van der Waals surface area contributed by atoms with E-state index in [1.54, 1.807) is 0 Å². The van der Waals surface area contributed by atoms with Crippen LogP contribution in [-0.4, -0.2) is 59.2 Å². The van der Waals surface area contributed by atoms with Gasteiger partial charge >= 0.3 is 5.97 Å². The highest BCUT2D eigenvalue weighted by Crippen LogP contribution is 2.28. The van der Waals surface area contributed by atoms with E-state index in [-0.39, 0.29) is 23.9 Å². The summed E-state index contributed by atoms with van der Waals surface area (Å²) < 4.78 is 12.8. The summed E-state index contributed by atoms with van der Waals surface area (Å²) in [6, 6.07) is 0. The van der Waals surface area contributed by atoms with Crippen molar-refractivity contribution < 1.29 is 24.2 Å². The third kappa shape index (κ3) is 5.11. The molecule has 0 atom stereocenters. The van der Waals surface area contributed by atoms with Crippen LogP contribution in [0.25, 0.3) is 0 Å². The Kier molecular flexibility index (Phi) is 7.44. The van der Waals surface area contributed by atoms with Crippen molar-refractivity contribution in [2.24, 2.45) is 5.92 Å². The van der Waals surface area contributed by atoms with Crippen LogP contribution in [0, 0.1) is 5.92 Å². The van der Waals surface area contributed by atoms with Crippen molar-refractivity contribution >= 4 is 11.9 Å². The average molecular weight is 393 g/mol. The number of ether oxygens (including phenoxy) is 2. The van der Waals surface area contributed by atoms with Crippen LogP contribution in [0.1, 0.15) is 60.8 Å². The molecule has 1 aromatic rings. The van der Waals surface area contributed by atoms with E-state index in [9.17, 15) is 14.7 Å². The fourth-order valence-corrected chi connectivity index (χ4v) is 3.69. The Balaban J connectivity index is 1.61. The number of hydrogen-bond acceptors (Lipinski definition) is 6. The van der Waals surface area contributed by atoms with Gasteiger partial charge in [-0.25, -0.2) is 0 Å². The summed E-state index contributed by atoms with van der Waals surface area (Å²) in [6.45, 7) is 4.84. The molecule has 1 aromatic heterocycles. The number of aryl methyl sites for hydroxylation is 2. The molecule has 0 spiro atoms. The molecular weight excluding hydrogens is 362 g/mol. The topological polar surface area (TPSA) is 103 Å². The van der Waals surface area contributed by atoms with E-state index < -0.39 is 0 Å². The van der Waals surface area contributed by atoms with Crippen molar-refractivity contribution in [1.82, 2.24) is 15.1 Å². The molecule has 156 valence electrons. The molecule has 1 amide bonds. The van der Waals surface area contributed by atoms with Gasteiger partial charge in [0.05, 0.1) is 35.6 Å². The van der Waals surface area contributed by atoms with E-state index in [0.717, 1.165) is 30.7 Å². The molecule has 1 saturated carbocycles. The maximum atomic E-state index is 12.7. The number of nitrogens with one attached hydrogen (secondary N) is 1. The highest BCUT2D eigenvalue weighted by Gasteiger charge is 2.34. The van der Waals surface area contributed by atoms with Crippen LogP contribution >= 0.6 is 0 Å². The first-order valence-electron chi connectivity index (χ1n) is 10.4. The van der Waals surface area contributed by atoms with Gasteiger partial charge in [-0.2, -0.15) is 5.10 Å². The number of esters is 1. The maximum absolute atomic E-state index is 12.7. The van der Waals surface area contributed by atoms with Crippen LogP contribution in [0.2, 0.25) is 0 Å². The molecule has 1 fully saturated rings. The summed E-state index contributed by atoms with van der Waals surface area (Å²) in [5.74, 6) is -0.447. The molecule has 3 rings (SSSR count). The SMILES string of the molecule is CCc1nn(CCCOC(=O)C2CC(O)C2)c2c1C(=O)NCCCOCCC2. The highest BCUT2D eigenvalue weighted by atomic mass is 16.5. The molecule has 1 aliphatic carbocycles. The Bertz CT molecular complexity index is 682. The predicted molar refractivity (Wildman–Crippen MR) is 102 cm³/mol. The minimum atomic E-state index is -0.360. The molecule has 0 saturated heterocycles. The number of aromatic nitrogens is 2. The average Bonchev–Trinajstić information content (AvgIpc) is 2.99. The van der Waals surface area contributed by atoms with Crippen molar-refractivity contribution in [3.63, 3.8) is 0 Å². The van der Waals surface area contributed by atoms with E-state index in [1.807, 2.05) is 11.6 Å². The summed E-state index contributed by atoms with van der Waals surface area (Å²) in [4.78, 5) is 24.6. The first-order valence-corrected chi connectivity index (χ1v) is 10.4. The number of hydrogen-bond donors (Lipinski definition) is 2. The number of fused-ring (bicyclic) bond motifs is 1. The molecule has 2 heterocycles. The van der Waals surface area contributed by atoms with Crippen molar-refractivity contribution in [1.29, 1.82) is 0 Å². The van der Waals surface area contributed by atoms with Crippen LogP contribution in [0.3, 0.4) is 0 Å². The summed E-state index contributed by atoms with van der Waals surface area (Å²) in [5, 5.41) is 16.9. The smallest absolute Gasteiger partial charge is 0.309 e. The van der Waals surface area contributed by atoms with Gasteiger partial charge in [-0.1, -0.05) is 6.92 Å². The van der Waals surface area contributed by atoms with Gasteiger partial charge in [0.2, 0.25) is 0 Å². The molecule has 0 aromatic carbocycles. The minimum absolute atomic E-state index is 0.0602. The first-order chi connectivity index (χ1) is 13.6. The van der Waals surface area contributed by atoms with Gasteiger partial charge in [-0.15, -0.1) is 0 Å². The Morgan fingerprint density at radius 1 is 1.36 bits per heavy atom. The van der Waals surface area contributed by atoms with Gasteiger partial charge < -0.3 is 19.9 Å². The van der Waals surface area contributed by atoms with E-state index in [4.69, 9.17) is 9.47 Å². The largest absolute Gasteiger partial charge is 0.465 e. The lowest BCUT2D eigenvalue weighted by Crippen LogP contribution is -2.35. The summed E-state index contributed by atoms with van der Waals surface area (Å²) >= 11 is 0. The second-order valence-corrected chi connectivity index (χ2v) is 7.51. The third-order valence-electron chi connectivity index (χ3n) is 5.35. The number of carbonyl (C=O) groups excluding carboxylic acids is 2. The molecule has 28 heavy (non-hydrogen) atoms. The van der Waals surface area contributed by atoms with E-state index in [0.29, 0.717) is 64.2 Å². The molecule has 0 bridgehead atoms. The van der Waals surface area contributed by atoms with Crippen molar-refractivity contribution in [3.8, 4) is 0 Å². The number of amides is 1. The Morgan fingerprint density at radius 3 is 2.89 bits per heavy atom. The van der Waals surface area contributed by atoms with Crippen LogP contribution in [0.15, 0.2) is 0 Å².